The first-order valence-corrected chi connectivity index (χ1v) is 5.55. The predicted octanol–water partition coefficient (Wildman–Crippen LogP) is 2.61. The Morgan fingerprint density at radius 1 is 1.36 bits per heavy atom. The van der Waals surface area contributed by atoms with Gasteiger partial charge in [0.05, 0.1) is 11.9 Å². The van der Waals surface area contributed by atoms with Gasteiger partial charge < -0.3 is 0 Å². The van der Waals surface area contributed by atoms with Crippen LogP contribution in [-0.4, -0.2) is 17.3 Å². The molecule has 0 bridgehead atoms. The monoisotopic (exact) mass is 253 g/mol. The van der Waals surface area contributed by atoms with Crippen LogP contribution in [0.25, 0.3) is 0 Å². The molecule has 0 spiro atoms. The Bertz CT molecular complexity index is 308. The minimum absolute atomic E-state index is 0.154. The summed E-state index contributed by atoms with van der Waals surface area (Å²) in [6.45, 7) is 0.649. The molecule has 3 heteroatoms. The largest absolute Gasteiger partial charge is 0.298 e. The van der Waals surface area contributed by atoms with Crippen LogP contribution in [-0.2, 0) is 11.3 Å². The smallest absolute Gasteiger partial charge is 0.148 e. The third kappa shape index (κ3) is 4.33. The lowest BCUT2D eigenvalue weighted by atomic mass is 10.2. The van der Waals surface area contributed by atoms with E-state index in [1.54, 1.807) is 6.21 Å². The van der Waals surface area contributed by atoms with Gasteiger partial charge in [0, 0.05) is 12.6 Å². The summed E-state index contributed by atoms with van der Waals surface area (Å²) in [7, 11) is 0. The Morgan fingerprint density at radius 2 is 2.07 bits per heavy atom. The fourth-order valence-corrected chi connectivity index (χ4v) is 1.20. The van der Waals surface area contributed by atoms with E-state index in [9.17, 15) is 4.79 Å². The summed E-state index contributed by atoms with van der Waals surface area (Å²) in [6.07, 6.45) is 2.09. The molecule has 0 saturated carbocycles. The number of halogens is 1. The molecule has 0 radical (unpaired) electrons. The Balaban J connectivity index is 2.31. The third-order valence-electron chi connectivity index (χ3n) is 1.71. The van der Waals surface area contributed by atoms with Crippen LogP contribution in [0.4, 0.5) is 0 Å². The van der Waals surface area contributed by atoms with E-state index in [4.69, 9.17) is 0 Å². The van der Waals surface area contributed by atoms with Crippen LogP contribution < -0.4 is 0 Å². The zero-order valence-corrected chi connectivity index (χ0v) is 9.40. The summed E-state index contributed by atoms with van der Waals surface area (Å²) in [6, 6.07) is 9.97. The van der Waals surface area contributed by atoms with Gasteiger partial charge in [-0.1, -0.05) is 46.3 Å². The minimum atomic E-state index is 0.154. The summed E-state index contributed by atoms with van der Waals surface area (Å²) in [4.78, 5) is 15.0. The van der Waals surface area contributed by atoms with Crippen LogP contribution in [0.5, 0.6) is 0 Å². The van der Waals surface area contributed by atoms with Crippen molar-refractivity contribution in [1.82, 2.24) is 0 Å². The summed E-state index contributed by atoms with van der Waals surface area (Å²) in [5.74, 6) is 0.154. The molecule has 0 aliphatic rings. The van der Waals surface area contributed by atoms with Gasteiger partial charge in [-0.15, -0.1) is 0 Å². The predicted molar refractivity (Wildman–Crippen MR) is 62.1 cm³/mol. The van der Waals surface area contributed by atoms with Crippen molar-refractivity contribution < 1.29 is 4.79 Å². The van der Waals surface area contributed by atoms with Crippen molar-refractivity contribution in [2.24, 2.45) is 4.99 Å². The first kappa shape index (κ1) is 11.1. The fraction of sp³-hybridized carbons (Fsp3) is 0.273. The lowest BCUT2D eigenvalue weighted by Crippen LogP contribution is -1.98. The Hall–Kier alpha value is -0.960. The minimum Gasteiger partial charge on any atom is -0.298 e. The molecule has 0 atom stereocenters. The van der Waals surface area contributed by atoms with Gasteiger partial charge in [0.1, 0.15) is 5.78 Å². The average molecular weight is 254 g/mol. The molecule has 0 amide bonds. The normalized spacial score (nSPS) is 10.6. The van der Waals surface area contributed by atoms with Gasteiger partial charge in [0.15, 0.2) is 0 Å². The Morgan fingerprint density at radius 3 is 2.71 bits per heavy atom. The number of hydrogen-bond donors (Lipinski definition) is 0. The number of rotatable bonds is 5. The van der Waals surface area contributed by atoms with Gasteiger partial charge in [-0.2, -0.15) is 0 Å². The second-order valence-electron chi connectivity index (χ2n) is 2.89. The molecule has 0 heterocycles. The topological polar surface area (TPSA) is 29.4 Å². The molecule has 2 nitrogen and oxygen atoms in total. The quantitative estimate of drug-likeness (QED) is 0.586. The second kappa shape index (κ2) is 6.49. The molecule has 0 saturated heterocycles. The highest BCUT2D eigenvalue weighted by atomic mass is 79.9. The molecule has 1 rings (SSSR count). The molecule has 1 aromatic carbocycles. The first-order valence-electron chi connectivity index (χ1n) is 4.43. The fourth-order valence-electron chi connectivity index (χ4n) is 0.974. The second-order valence-corrected chi connectivity index (χ2v) is 3.45. The number of Topliss-reactive ketones (excluding diaryl/α,β-unsaturated/α-hetero) is 1. The highest BCUT2D eigenvalue weighted by Gasteiger charge is 1.94. The molecule has 0 N–H and O–H groups in total. The molecule has 0 aromatic heterocycles. The number of aliphatic imine (C=N–C) groups is 1. The van der Waals surface area contributed by atoms with Crippen molar-refractivity contribution in [2.45, 2.75) is 13.0 Å². The van der Waals surface area contributed by atoms with Crippen LogP contribution in [0, 0.1) is 0 Å². The molecular formula is C11H12BrNO. The van der Waals surface area contributed by atoms with Crippen molar-refractivity contribution in [3.8, 4) is 0 Å². The van der Waals surface area contributed by atoms with Crippen molar-refractivity contribution in [2.75, 3.05) is 5.33 Å². The maximum absolute atomic E-state index is 10.9. The summed E-state index contributed by atoms with van der Waals surface area (Å²) in [5.41, 5.74) is 1.16. The van der Waals surface area contributed by atoms with Crippen molar-refractivity contribution in [1.29, 1.82) is 0 Å². The van der Waals surface area contributed by atoms with Gasteiger partial charge >= 0.3 is 0 Å². The zero-order valence-electron chi connectivity index (χ0n) is 7.82. The van der Waals surface area contributed by atoms with Gasteiger partial charge in [-0.3, -0.25) is 9.79 Å². The summed E-state index contributed by atoms with van der Waals surface area (Å²) in [5, 5.41) is 0.407. The first-order chi connectivity index (χ1) is 6.83. The molecule has 0 fully saturated rings. The lowest BCUT2D eigenvalue weighted by Gasteiger charge is -1.93. The number of carbonyl (C=O) groups is 1. The molecule has 0 aliphatic heterocycles. The van der Waals surface area contributed by atoms with E-state index in [1.165, 1.54) is 0 Å². The number of alkyl halides is 1. The van der Waals surface area contributed by atoms with Crippen molar-refractivity contribution >= 4 is 27.9 Å². The number of hydrogen-bond acceptors (Lipinski definition) is 2. The third-order valence-corrected chi connectivity index (χ3v) is 2.34. The number of benzene rings is 1. The number of carbonyl (C=O) groups excluding carboxylic acids is 1. The summed E-state index contributed by atoms with van der Waals surface area (Å²) < 4.78 is 0. The number of ketones is 1. The van der Waals surface area contributed by atoms with E-state index in [2.05, 4.69) is 20.9 Å². The molecule has 0 aliphatic carbocycles. The highest BCUT2D eigenvalue weighted by molar-refractivity contribution is 9.09. The van der Waals surface area contributed by atoms with Crippen LogP contribution in [0.15, 0.2) is 35.3 Å². The van der Waals surface area contributed by atoms with Crippen molar-refractivity contribution in [3.63, 3.8) is 0 Å². The molecule has 14 heavy (non-hydrogen) atoms. The van der Waals surface area contributed by atoms with Crippen molar-refractivity contribution in [3.05, 3.63) is 35.9 Å². The van der Waals surface area contributed by atoms with E-state index in [0.29, 0.717) is 18.3 Å². The standard InChI is InChI=1S/C11H12BrNO/c12-8-11(14)6-7-13-9-10-4-2-1-3-5-10/h1-5,7H,6,8-9H2. The molecule has 74 valence electrons. The maximum Gasteiger partial charge on any atom is 0.148 e. The maximum atomic E-state index is 10.9. The SMILES string of the molecule is O=C(CBr)CC=NCc1ccccc1. The summed E-state index contributed by atoms with van der Waals surface area (Å²) >= 11 is 3.10. The highest BCUT2D eigenvalue weighted by Crippen LogP contribution is 1.99. The van der Waals surface area contributed by atoms with E-state index in [-0.39, 0.29) is 5.78 Å². The van der Waals surface area contributed by atoms with E-state index < -0.39 is 0 Å². The average Bonchev–Trinajstić information content (AvgIpc) is 2.25. The Labute approximate surface area is 92.2 Å². The van der Waals surface area contributed by atoms with Gasteiger partial charge in [-0.25, -0.2) is 0 Å². The van der Waals surface area contributed by atoms with Gasteiger partial charge in [0.2, 0.25) is 0 Å². The van der Waals surface area contributed by atoms with E-state index >= 15 is 0 Å². The molecule has 1 aromatic rings. The Kier molecular flexibility index (Phi) is 5.15. The van der Waals surface area contributed by atoms with E-state index in [0.717, 1.165) is 5.56 Å². The van der Waals surface area contributed by atoms with Crippen LogP contribution >= 0.6 is 15.9 Å². The number of nitrogens with zero attached hydrogens (tertiary/aromatic N) is 1. The molecule has 0 unspecified atom stereocenters. The van der Waals surface area contributed by atoms with Crippen LogP contribution in [0.2, 0.25) is 0 Å². The van der Waals surface area contributed by atoms with Crippen LogP contribution in [0.1, 0.15) is 12.0 Å². The van der Waals surface area contributed by atoms with E-state index in [1.807, 2.05) is 30.3 Å². The zero-order chi connectivity index (χ0) is 10.2. The lowest BCUT2D eigenvalue weighted by molar-refractivity contribution is -0.115. The van der Waals surface area contributed by atoms with Gasteiger partial charge in [-0.05, 0) is 5.56 Å². The molecular weight excluding hydrogens is 242 g/mol. The van der Waals surface area contributed by atoms with Crippen LogP contribution in [0.3, 0.4) is 0 Å². The van der Waals surface area contributed by atoms with Gasteiger partial charge in [0.25, 0.3) is 0 Å².